The van der Waals surface area contributed by atoms with Gasteiger partial charge in [0.25, 0.3) is 0 Å². The molecule has 1 aliphatic rings. The lowest BCUT2D eigenvalue weighted by molar-refractivity contribution is 0.154. The minimum absolute atomic E-state index is 0.0819. The molecule has 0 amide bonds. The van der Waals surface area contributed by atoms with E-state index in [1.54, 1.807) is 0 Å². The molecule has 1 N–H and O–H groups in total. The number of imidazole rings is 1. The van der Waals surface area contributed by atoms with Gasteiger partial charge in [-0.1, -0.05) is 30.3 Å². The molecular formula is C20H17N3O2. The summed E-state index contributed by atoms with van der Waals surface area (Å²) in [4.78, 5) is 8.63. The predicted molar refractivity (Wildman–Crippen MR) is 94.1 cm³/mol. The molecule has 1 aliphatic heterocycles. The Morgan fingerprint density at radius 3 is 3.04 bits per heavy atom. The maximum atomic E-state index is 10.8. The molecule has 0 fully saturated rings. The first-order valence-electron chi connectivity index (χ1n) is 8.37. The van der Waals surface area contributed by atoms with E-state index in [4.69, 9.17) is 4.42 Å². The number of oxazole rings is 1. The highest BCUT2D eigenvalue weighted by molar-refractivity contribution is 5.73. The number of fused-ring (bicyclic) bond motifs is 4. The van der Waals surface area contributed by atoms with Crippen LogP contribution in [0, 0.1) is 6.92 Å². The topological polar surface area (TPSA) is 64.1 Å². The third kappa shape index (κ3) is 2.20. The fourth-order valence-electron chi connectivity index (χ4n) is 3.79. The molecule has 0 saturated heterocycles. The SMILES string of the molecule is Cc1nc2cc(C(O)CC3c4ccccc4-c4cncn43)ccc2o1. The van der Waals surface area contributed by atoms with E-state index in [0.29, 0.717) is 12.3 Å². The second kappa shape index (κ2) is 5.29. The monoisotopic (exact) mass is 331 g/mol. The maximum absolute atomic E-state index is 10.8. The number of aryl methyl sites for hydroxylation is 1. The van der Waals surface area contributed by atoms with E-state index in [9.17, 15) is 5.11 Å². The van der Waals surface area contributed by atoms with Gasteiger partial charge in [0.15, 0.2) is 11.5 Å². The van der Waals surface area contributed by atoms with Gasteiger partial charge >= 0.3 is 0 Å². The molecule has 2 aromatic heterocycles. The highest BCUT2D eigenvalue weighted by Crippen LogP contribution is 2.43. The van der Waals surface area contributed by atoms with Gasteiger partial charge in [0.05, 0.1) is 30.4 Å². The van der Waals surface area contributed by atoms with Crippen molar-refractivity contribution < 1.29 is 9.52 Å². The van der Waals surface area contributed by atoms with Crippen LogP contribution in [0.2, 0.25) is 0 Å². The summed E-state index contributed by atoms with van der Waals surface area (Å²) >= 11 is 0. The van der Waals surface area contributed by atoms with Gasteiger partial charge < -0.3 is 14.1 Å². The standard InChI is InChI=1S/C20H17N3O2/c1-12-22-16-8-13(6-7-20(16)25-12)19(24)9-17-14-4-2-3-5-15(14)18-10-21-11-23(17)18/h2-8,10-11,17,19,24H,9H2,1H3. The Labute approximate surface area is 144 Å². The second-order valence-corrected chi connectivity index (χ2v) is 6.50. The van der Waals surface area contributed by atoms with Crippen molar-refractivity contribution in [1.82, 2.24) is 14.5 Å². The van der Waals surface area contributed by atoms with Crippen LogP contribution < -0.4 is 0 Å². The van der Waals surface area contributed by atoms with Gasteiger partial charge in [-0.15, -0.1) is 0 Å². The minimum Gasteiger partial charge on any atom is -0.441 e. The summed E-state index contributed by atoms with van der Waals surface area (Å²) < 4.78 is 7.66. The van der Waals surface area contributed by atoms with Crippen molar-refractivity contribution in [3.8, 4) is 11.3 Å². The van der Waals surface area contributed by atoms with Gasteiger partial charge in [0.1, 0.15) is 5.52 Å². The van der Waals surface area contributed by atoms with Crippen LogP contribution >= 0.6 is 0 Å². The molecule has 5 nitrogen and oxygen atoms in total. The Balaban J connectivity index is 1.50. The van der Waals surface area contributed by atoms with Gasteiger partial charge in [0.2, 0.25) is 0 Å². The van der Waals surface area contributed by atoms with Crippen LogP contribution in [-0.2, 0) is 0 Å². The Bertz CT molecular complexity index is 1080. The average Bonchev–Trinajstić information content (AvgIpc) is 3.29. The number of hydrogen-bond acceptors (Lipinski definition) is 4. The highest BCUT2D eigenvalue weighted by Gasteiger charge is 2.30. The molecule has 0 aliphatic carbocycles. The van der Waals surface area contributed by atoms with E-state index in [1.807, 2.05) is 49.8 Å². The molecule has 0 spiro atoms. The molecule has 2 aromatic carbocycles. The van der Waals surface area contributed by atoms with Crippen molar-refractivity contribution >= 4 is 11.1 Å². The van der Waals surface area contributed by atoms with Crippen LogP contribution in [0.15, 0.2) is 59.4 Å². The molecule has 25 heavy (non-hydrogen) atoms. The normalized spacial score (nSPS) is 16.8. The maximum Gasteiger partial charge on any atom is 0.192 e. The van der Waals surface area contributed by atoms with E-state index in [1.165, 1.54) is 11.1 Å². The molecule has 3 heterocycles. The van der Waals surface area contributed by atoms with E-state index in [-0.39, 0.29) is 6.04 Å². The fraction of sp³-hybridized carbons (Fsp3) is 0.200. The summed E-state index contributed by atoms with van der Waals surface area (Å²) in [6, 6.07) is 14.1. The van der Waals surface area contributed by atoms with Crippen molar-refractivity contribution in [2.24, 2.45) is 0 Å². The molecule has 5 heteroatoms. The zero-order valence-electron chi connectivity index (χ0n) is 13.8. The number of rotatable bonds is 3. The van der Waals surface area contributed by atoms with Gasteiger partial charge in [-0.25, -0.2) is 9.97 Å². The van der Waals surface area contributed by atoms with Gasteiger partial charge in [-0.2, -0.15) is 0 Å². The summed E-state index contributed by atoms with van der Waals surface area (Å²) in [5, 5.41) is 10.8. The van der Waals surface area contributed by atoms with Gasteiger partial charge in [-0.3, -0.25) is 0 Å². The molecule has 4 aromatic rings. The van der Waals surface area contributed by atoms with Gasteiger partial charge in [0, 0.05) is 18.9 Å². The van der Waals surface area contributed by atoms with E-state index < -0.39 is 6.10 Å². The Morgan fingerprint density at radius 1 is 1.24 bits per heavy atom. The summed E-state index contributed by atoms with van der Waals surface area (Å²) in [6.07, 6.45) is 3.72. The van der Waals surface area contributed by atoms with Crippen LogP contribution in [0.5, 0.6) is 0 Å². The van der Waals surface area contributed by atoms with Crippen molar-refractivity contribution in [1.29, 1.82) is 0 Å². The average molecular weight is 331 g/mol. The van der Waals surface area contributed by atoms with Crippen molar-refractivity contribution in [3.63, 3.8) is 0 Å². The van der Waals surface area contributed by atoms with Crippen molar-refractivity contribution in [2.75, 3.05) is 0 Å². The van der Waals surface area contributed by atoms with E-state index in [2.05, 4.69) is 26.7 Å². The second-order valence-electron chi connectivity index (χ2n) is 6.50. The molecule has 124 valence electrons. The Morgan fingerprint density at radius 2 is 2.12 bits per heavy atom. The zero-order chi connectivity index (χ0) is 17.0. The first-order valence-corrected chi connectivity index (χ1v) is 8.37. The third-order valence-corrected chi connectivity index (χ3v) is 4.95. The molecule has 2 atom stereocenters. The minimum atomic E-state index is -0.590. The molecular weight excluding hydrogens is 314 g/mol. The largest absolute Gasteiger partial charge is 0.441 e. The van der Waals surface area contributed by atoms with Crippen LogP contribution in [0.4, 0.5) is 0 Å². The van der Waals surface area contributed by atoms with Crippen LogP contribution in [-0.4, -0.2) is 19.6 Å². The molecule has 0 bridgehead atoms. The molecule has 5 rings (SSSR count). The zero-order valence-corrected chi connectivity index (χ0v) is 13.8. The molecule has 0 saturated carbocycles. The lowest BCUT2D eigenvalue weighted by atomic mass is 9.95. The van der Waals surface area contributed by atoms with E-state index in [0.717, 1.165) is 22.4 Å². The van der Waals surface area contributed by atoms with Crippen LogP contribution in [0.1, 0.15) is 35.6 Å². The number of aromatic nitrogens is 3. The number of aliphatic hydroxyl groups excluding tert-OH is 1. The van der Waals surface area contributed by atoms with E-state index >= 15 is 0 Å². The number of aliphatic hydroxyl groups is 1. The third-order valence-electron chi connectivity index (χ3n) is 4.95. The summed E-state index contributed by atoms with van der Waals surface area (Å²) in [5.74, 6) is 0.634. The molecule has 2 unspecified atom stereocenters. The lowest BCUT2D eigenvalue weighted by Crippen LogP contribution is -2.10. The quantitative estimate of drug-likeness (QED) is 0.616. The smallest absolute Gasteiger partial charge is 0.192 e. The Hall–Kier alpha value is -2.92. The van der Waals surface area contributed by atoms with Crippen LogP contribution in [0.25, 0.3) is 22.4 Å². The van der Waals surface area contributed by atoms with Gasteiger partial charge in [-0.05, 0) is 23.3 Å². The summed E-state index contributed by atoms with van der Waals surface area (Å²) in [7, 11) is 0. The first-order chi connectivity index (χ1) is 12.2. The number of hydrogen-bond donors (Lipinski definition) is 1. The lowest BCUT2D eigenvalue weighted by Gasteiger charge is -2.19. The predicted octanol–water partition coefficient (Wildman–Crippen LogP) is 4.03. The van der Waals surface area contributed by atoms with Crippen molar-refractivity contribution in [3.05, 3.63) is 72.0 Å². The summed E-state index contributed by atoms with van der Waals surface area (Å²) in [5.41, 5.74) is 5.92. The summed E-state index contributed by atoms with van der Waals surface area (Å²) in [6.45, 7) is 1.83. The first kappa shape index (κ1) is 14.4. The fourth-order valence-corrected chi connectivity index (χ4v) is 3.79. The number of nitrogens with zero attached hydrogens (tertiary/aromatic N) is 3. The number of benzene rings is 2. The van der Waals surface area contributed by atoms with Crippen molar-refractivity contribution in [2.45, 2.75) is 25.5 Å². The van der Waals surface area contributed by atoms with Crippen LogP contribution in [0.3, 0.4) is 0 Å². The Kier molecular flexibility index (Phi) is 3.05. The molecule has 0 radical (unpaired) electrons. The highest BCUT2D eigenvalue weighted by atomic mass is 16.3.